The number of aromatic nitrogens is 3. The molecule has 2 aromatic heterocycles. The number of aliphatic imine (C=N–C) groups is 1. The van der Waals surface area contributed by atoms with Crippen LogP contribution in [0.5, 0.6) is 0 Å². The number of carbonyl (C=O) groups excluding carboxylic acids is 1. The molecule has 3 rings (SSSR count). The highest BCUT2D eigenvalue weighted by Crippen LogP contribution is 2.24. The summed E-state index contributed by atoms with van der Waals surface area (Å²) < 4.78 is 1.49. The molecule has 2 aromatic rings. The molecule has 23 heavy (non-hydrogen) atoms. The molecule has 8 N–H and O–H groups in total. The Bertz CT molecular complexity index is 747. The minimum absolute atomic E-state index is 0.194. The van der Waals surface area contributed by atoms with Gasteiger partial charge in [0.2, 0.25) is 0 Å². The number of nitrogen functional groups attached to an aromatic ring is 1. The molecule has 0 aliphatic carbocycles. The molecule has 1 aliphatic heterocycles. The quantitative estimate of drug-likeness (QED) is 0.407. The van der Waals surface area contributed by atoms with Gasteiger partial charge >= 0.3 is 0 Å². The zero-order valence-electron chi connectivity index (χ0n) is 11.7. The molecule has 1 aliphatic rings. The fourth-order valence-corrected chi connectivity index (χ4v) is 2.98. The van der Waals surface area contributed by atoms with Gasteiger partial charge in [0.05, 0.1) is 27.0 Å². The first-order chi connectivity index (χ1) is 10.9. The molecule has 0 spiro atoms. The fourth-order valence-electron chi connectivity index (χ4n) is 2.32. The minimum Gasteiger partial charge on any atom is -0.370 e. The van der Waals surface area contributed by atoms with Gasteiger partial charge in [0.25, 0.3) is 5.91 Å². The second kappa shape index (κ2) is 6.24. The molecule has 0 saturated heterocycles. The lowest BCUT2D eigenvalue weighted by atomic mass is 10.1. The van der Waals surface area contributed by atoms with Crippen LogP contribution in [0.1, 0.15) is 22.2 Å². The third-order valence-corrected chi connectivity index (χ3v) is 5.16. The van der Waals surface area contributed by atoms with E-state index in [0.717, 1.165) is 10.2 Å². The van der Waals surface area contributed by atoms with Gasteiger partial charge in [-0.1, -0.05) is 0 Å². The Morgan fingerprint density at radius 3 is 2.74 bits per heavy atom. The zero-order valence-corrected chi connectivity index (χ0v) is 14.9. The second-order valence-corrected chi connectivity index (χ2v) is 6.64. The summed E-state index contributed by atoms with van der Waals surface area (Å²) in [6.07, 6.45) is 1.61. The number of guanidine groups is 1. The van der Waals surface area contributed by atoms with Crippen LogP contribution in [-0.4, -0.2) is 39.4 Å². The molecule has 0 fully saturated rings. The van der Waals surface area contributed by atoms with Crippen LogP contribution in [0.15, 0.2) is 26.3 Å². The lowest BCUT2D eigenvalue weighted by Crippen LogP contribution is -2.44. The lowest BCUT2D eigenvalue weighted by Gasteiger charge is -2.17. The van der Waals surface area contributed by atoms with Crippen LogP contribution in [0, 0.1) is 0 Å². The molecule has 1 amide bonds. The molecule has 0 bridgehead atoms. The third-order valence-electron chi connectivity index (χ3n) is 3.38. The van der Waals surface area contributed by atoms with Crippen molar-refractivity contribution in [3.63, 3.8) is 0 Å². The standard InChI is InChI=1S/C12H14Br2N8O/c13-4-1-5(19-9(4)14)10(23)17-2-6-8(22-12(16)21-6)7-3-18-11(15)20-7/h1,3,6,8,19H,2H2,(H,17,23)(H3,15,18,20)(H3,16,21,22)/t6-,8+/m1/s1. The topological polar surface area (TPSA) is 150 Å². The average Bonchev–Trinajstić information content (AvgIpc) is 3.17. The van der Waals surface area contributed by atoms with E-state index in [-0.39, 0.29) is 18.0 Å². The molecule has 9 nitrogen and oxygen atoms in total. The Morgan fingerprint density at radius 2 is 2.13 bits per heavy atom. The van der Waals surface area contributed by atoms with Gasteiger partial charge in [-0.05, 0) is 37.9 Å². The predicted molar refractivity (Wildman–Crippen MR) is 92.8 cm³/mol. The van der Waals surface area contributed by atoms with Crippen molar-refractivity contribution < 1.29 is 4.79 Å². The van der Waals surface area contributed by atoms with Gasteiger partial charge < -0.3 is 32.1 Å². The summed E-state index contributed by atoms with van der Waals surface area (Å²) in [7, 11) is 0. The van der Waals surface area contributed by atoms with Gasteiger partial charge in [-0.2, -0.15) is 0 Å². The monoisotopic (exact) mass is 444 g/mol. The van der Waals surface area contributed by atoms with Crippen LogP contribution in [0.25, 0.3) is 0 Å². The number of carbonyl (C=O) groups is 1. The Morgan fingerprint density at radius 1 is 1.35 bits per heavy atom. The Kier molecular flexibility index (Phi) is 4.31. The fraction of sp³-hybridized carbons (Fsp3) is 0.250. The maximum Gasteiger partial charge on any atom is 0.267 e. The van der Waals surface area contributed by atoms with Crippen LogP contribution in [-0.2, 0) is 0 Å². The highest BCUT2D eigenvalue weighted by atomic mass is 79.9. The summed E-state index contributed by atoms with van der Waals surface area (Å²) in [5.41, 5.74) is 12.5. The summed E-state index contributed by atoms with van der Waals surface area (Å²) >= 11 is 6.62. The van der Waals surface area contributed by atoms with E-state index in [2.05, 4.69) is 62.4 Å². The van der Waals surface area contributed by atoms with E-state index >= 15 is 0 Å². The number of nitrogens with one attached hydrogen (secondary N) is 4. The van der Waals surface area contributed by atoms with E-state index < -0.39 is 0 Å². The Balaban J connectivity index is 1.66. The van der Waals surface area contributed by atoms with Crippen LogP contribution in [0.4, 0.5) is 5.95 Å². The zero-order chi connectivity index (χ0) is 16.6. The largest absolute Gasteiger partial charge is 0.370 e. The maximum absolute atomic E-state index is 12.2. The molecule has 11 heteroatoms. The van der Waals surface area contributed by atoms with Crippen LogP contribution >= 0.6 is 31.9 Å². The van der Waals surface area contributed by atoms with Crippen molar-refractivity contribution >= 4 is 49.7 Å². The summed E-state index contributed by atoms with van der Waals surface area (Å²) in [6, 6.07) is 1.21. The number of amides is 1. The van der Waals surface area contributed by atoms with Crippen molar-refractivity contribution in [2.45, 2.75) is 12.1 Å². The van der Waals surface area contributed by atoms with Crippen LogP contribution < -0.4 is 22.1 Å². The second-order valence-electron chi connectivity index (χ2n) is 4.99. The summed E-state index contributed by atoms with van der Waals surface area (Å²) in [5.74, 6) is 0.392. The first-order valence-corrected chi connectivity index (χ1v) is 8.25. The SMILES string of the molecule is NC1=N[C@H](c2cnc(N)[nH]2)[C@@H](CNC(=O)c2cc(Br)c(Br)[nH]2)N1. The number of anilines is 1. The van der Waals surface area contributed by atoms with E-state index in [0.29, 0.717) is 28.7 Å². The van der Waals surface area contributed by atoms with Crippen molar-refractivity contribution in [2.24, 2.45) is 10.7 Å². The molecule has 0 aromatic carbocycles. The molecule has 2 atom stereocenters. The smallest absolute Gasteiger partial charge is 0.267 e. The number of nitrogens with zero attached hydrogens (tertiary/aromatic N) is 2. The van der Waals surface area contributed by atoms with Crippen molar-refractivity contribution in [1.82, 2.24) is 25.6 Å². The number of rotatable bonds is 4. The molecule has 0 radical (unpaired) electrons. The van der Waals surface area contributed by atoms with Crippen molar-refractivity contribution in [1.29, 1.82) is 0 Å². The number of H-pyrrole nitrogens is 2. The number of halogens is 2. The number of aromatic amines is 2. The summed E-state index contributed by atoms with van der Waals surface area (Å²) in [4.78, 5) is 26.3. The maximum atomic E-state index is 12.2. The predicted octanol–water partition coefficient (Wildman–Crippen LogP) is 0.603. The summed E-state index contributed by atoms with van der Waals surface area (Å²) in [6.45, 7) is 0.334. The molecular formula is C12H14Br2N8O. The Labute approximate surface area is 148 Å². The molecule has 0 saturated carbocycles. The highest BCUT2D eigenvalue weighted by Gasteiger charge is 2.30. The summed E-state index contributed by atoms with van der Waals surface area (Å²) in [5, 5.41) is 5.87. The van der Waals surface area contributed by atoms with Gasteiger partial charge in [-0.15, -0.1) is 0 Å². The van der Waals surface area contributed by atoms with E-state index in [9.17, 15) is 4.79 Å². The van der Waals surface area contributed by atoms with Gasteiger partial charge in [0.15, 0.2) is 11.9 Å². The number of hydrogen-bond donors (Lipinski definition) is 6. The van der Waals surface area contributed by atoms with Gasteiger partial charge in [0.1, 0.15) is 11.7 Å². The third kappa shape index (κ3) is 3.34. The van der Waals surface area contributed by atoms with Crippen LogP contribution in [0.3, 0.4) is 0 Å². The van der Waals surface area contributed by atoms with E-state index in [1.54, 1.807) is 12.3 Å². The Hall–Kier alpha value is -2.01. The van der Waals surface area contributed by atoms with Gasteiger partial charge in [-0.25, -0.2) is 9.98 Å². The van der Waals surface area contributed by atoms with E-state index in [4.69, 9.17) is 11.5 Å². The molecule has 0 unspecified atom stereocenters. The highest BCUT2D eigenvalue weighted by molar-refractivity contribution is 9.13. The molecule has 3 heterocycles. The van der Waals surface area contributed by atoms with Crippen molar-refractivity contribution in [3.8, 4) is 0 Å². The van der Waals surface area contributed by atoms with E-state index in [1.165, 1.54) is 0 Å². The van der Waals surface area contributed by atoms with Gasteiger partial charge in [0, 0.05) is 6.54 Å². The first kappa shape index (κ1) is 15.9. The average molecular weight is 446 g/mol. The van der Waals surface area contributed by atoms with E-state index in [1.807, 2.05) is 0 Å². The van der Waals surface area contributed by atoms with Gasteiger partial charge in [-0.3, -0.25) is 4.79 Å². The number of hydrogen-bond acceptors (Lipinski definition) is 6. The first-order valence-electron chi connectivity index (χ1n) is 6.66. The number of imidazole rings is 1. The van der Waals surface area contributed by atoms with Crippen molar-refractivity contribution in [2.75, 3.05) is 12.3 Å². The normalized spacial score (nSPS) is 20.2. The molecular weight excluding hydrogens is 432 g/mol. The van der Waals surface area contributed by atoms with Crippen LogP contribution in [0.2, 0.25) is 0 Å². The molecule has 122 valence electrons. The minimum atomic E-state index is -0.290. The lowest BCUT2D eigenvalue weighted by molar-refractivity contribution is 0.0945. The number of nitrogens with two attached hydrogens (primary N) is 2. The van der Waals surface area contributed by atoms with Crippen molar-refractivity contribution in [3.05, 3.63) is 32.7 Å².